The van der Waals surface area contributed by atoms with E-state index in [4.69, 9.17) is 19.9 Å². The Morgan fingerprint density at radius 3 is 2.72 bits per heavy atom. The Labute approximate surface area is 188 Å². The van der Waals surface area contributed by atoms with Crippen molar-refractivity contribution in [2.45, 2.75) is 19.6 Å². The quantitative estimate of drug-likeness (QED) is 0.349. The van der Waals surface area contributed by atoms with E-state index in [1.807, 2.05) is 30.5 Å². The Morgan fingerprint density at radius 1 is 1.28 bits per heavy atom. The van der Waals surface area contributed by atoms with Crippen LogP contribution in [0.15, 0.2) is 41.5 Å². The van der Waals surface area contributed by atoms with Gasteiger partial charge in [0.25, 0.3) is 0 Å². The number of hydrogen-bond donors (Lipinski definition) is 2. The molecule has 0 radical (unpaired) electrons. The second kappa shape index (κ2) is 11.1. The van der Waals surface area contributed by atoms with E-state index in [-0.39, 0.29) is 30.1 Å². The number of nitrogens with one attached hydrogen (secondary N) is 1. The minimum atomic E-state index is 0. The third kappa shape index (κ3) is 6.36. The van der Waals surface area contributed by atoms with E-state index < -0.39 is 0 Å². The molecule has 3 rings (SSSR count). The standard InChI is InChI=1S/C20H27N5O3.HI/c1-14-13-25(8-9-28-14)19-7-4-15(11-22-19)12-23-20(21)24-16-5-6-17(26-2)18(10-16)27-3;/h4-7,10-11,14H,8-9,12-13H2,1-3H3,(H3,21,23,24);1H. The van der Waals surface area contributed by atoms with Crippen LogP contribution in [0.1, 0.15) is 12.5 Å². The average molecular weight is 513 g/mol. The Hall–Kier alpha value is -2.27. The number of hydrogen-bond acceptors (Lipinski definition) is 6. The predicted molar refractivity (Wildman–Crippen MR) is 126 cm³/mol. The summed E-state index contributed by atoms with van der Waals surface area (Å²) in [4.78, 5) is 11.2. The topological polar surface area (TPSA) is 94.2 Å². The number of guanidine groups is 1. The van der Waals surface area contributed by atoms with Crippen molar-refractivity contribution in [3.05, 3.63) is 42.1 Å². The number of pyridine rings is 1. The molecule has 8 nitrogen and oxygen atoms in total. The van der Waals surface area contributed by atoms with E-state index in [1.54, 1.807) is 20.3 Å². The van der Waals surface area contributed by atoms with Gasteiger partial charge in [-0.1, -0.05) is 6.07 Å². The molecule has 1 saturated heterocycles. The predicted octanol–water partition coefficient (Wildman–Crippen LogP) is 2.87. The van der Waals surface area contributed by atoms with E-state index in [9.17, 15) is 0 Å². The highest BCUT2D eigenvalue weighted by Crippen LogP contribution is 2.29. The first-order valence-corrected chi connectivity index (χ1v) is 9.19. The molecule has 2 heterocycles. The molecule has 0 spiro atoms. The van der Waals surface area contributed by atoms with Crippen LogP contribution < -0.4 is 25.4 Å². The first kappa shape index (κ1) is 23.0. The molecule has 0 bridgehead atoms. The lowest BCUT2D eigenvalue weighted by molar-refractivity contribution is 0.0529. The number of nitrogens with two attached hydrogens (primary N) is 1. The molecule has 3 N–H and O–H groups in total. The van der Waals surface area contributed by atoms with E-state index in [0.29, 0.717) is 24.0 Å². The number of aromatic nitrogens is 1. The Morgan fingerprint density at radius 2 is 2.07 bits per heavy atom. The van der Waals surface area contributed by atoms with Gasteiger partial charge in [0.15, 0.2) is 17.5 Å². The van der Waals surface area contributed by atoms with Gasteiger partial charge in [-0.2, -0.15) is 0 Å². The third-order valence-corrected chi connectivity index (χ3v) is 4.46. The molecule has 1 aliphatic rings. The van der Waals surface area contributed by atoms with Crippen LogP contribution in [-0.4, -0.2) is 51.0 Å². The smallest absolute Gasteiger partial charge is 0.193 e. The van der Waals surface area contributed by atoms with Crippen molar-refractivity contribution in [1.29, 1.82) is 0 Å². The van der Waals surface area contributed by atoms with Gasteiger partial charge in [0.2, 0.25) is 0 Å². The summed E-state index contributed by atoms with van der Waals surface area (Å²) in [5, 5.41) is 3.06. The van der Waals surface area contributed by atoms with Crippen molar-refractivity contribution in [3.8, 4) is 11.5 Å². The number of methoxy groups -OCH3 is 2. The number of ether oxygens (including phenoxy) is 3. The second-order valence-electron chi connectivity index (χ2n) is 6.55. The maximum absolute atomic E-state index is 6.00. The fourth-order valence-electron chi connectivity index (χ4n) is 3.00. The molecule has 1 aliphatic heterocycles. The van der Waals surface area contributed by atoms with Crippen molar-refractivity contribution in [2.24, 2.45) is 10.7 Å². The monoisotopic (exact) mass is 513 g/mol. The second-order valence-corrected chi connectivity index (χ2v) is 6.55. The number of aliphatic imine (C=N–C) groups is 1. The van der Waals surface area contributed by atoms with Gasteiger partial charge >= 0.3 is 0 Å². The summed E-state index contributed by atoms with van der Waals surface area (Å²) in [5.74, 6) is 2.56. The van der Waals surface area contributed by atoms with Gasteiger partial charge in [0, 0.05) is 31.0 Å². The molecular weight excluding hydrogens is 485 g/mol. The first-order valence-electron chi connectivity index (χ1n) is 9.19. The van der Waals surface area contributed by atoms with Crippen LogP contribution in [0.3, 0.4) is 0 Å². The van der Waals surface area contributed by atoms with Crippen LogP contribution in [0, 0.1) is 0 Å². The summed E-state index contributed by atoms with van der Waals surface area (Å²) in [6.07, 6.45) is 2.06. The molecule has 1 unspecified atom stereocenters. The van der Waals surface area contributed by atoms with Crippen molar-refractivity contribution in [1.82, 2.24) is 4.98 Å². The van der Waals surface area contributed by atoms with E-state index in [1.165, 1.54) is 0 Å². The number of halogens is 1. The maximum Gasteiger partial charge on any atom is 0.193 e. The minimum absolute atomic E-state index is 0. The average Bonchev–Trinajstić information content (AvgIpc) is 2.72. The van der Waals surface area contributed by atoms with Crippen molar-refractivity contribution in [2.75, 3.05) is 44.1 Å². The number of benzene rings is 1. The maximum atomic E-state index is 6.00. The largest absolute Gasteiger partial charge is 0.493 e. The molecule has 1 atom stereocenters. The normalized spacial score (nSPS) is 16.7. The summed E-state index contributed by atoms with van der Waals surface area (Å²) in [6, 6.07) is 9.50. The van der Waals surface area contributed by atoms with Crippen LogP contribution in [0.2, 0.25) is 0 Å². The Balaban J connectivity index is 0.00000300. The molecule has 29 heavy (non-hydrogen) atoms. The lowest BCUT2D eigenvalue weighted by Gasteiger charge is -2.32. The highest BCUT2D eigenvalue weighted by molar-refractivity contribution is 14.0. The summed E-state index contributed by atoms with van der Waals surface area (Å²) in [7, 11) is 3.19. The SMILES string of the molecule is COc1ccc(NC(N)=NCc2ccc(N3CCOC(C)C3)nc2)cc1OC.I. The van der Waals surface area contributed by atoms with E-state index >= 15 is 0 Å². The van der Waals surface area contributed by atoms with Crippen molar-refractivity contribution >= 4 is 41.4 Å². The van der Waals surface area contributed by atoms with Gasteiger partial charge in [-0.15, -0.1) is 24.0 Å². The molecule has 158 valence electrons. The van der Waals surface area contributed by atoms with Gasteiger partial charge in [-0.05, 0) is 30.7 Å². The number of morpholine rings is 1. The molecule has 1 aromatic carbocycles. The number of nitrogens with zero attached hydrogens (tertiary/aromatic N) is 3. The third-order valence-electron chi connectivity index (χ3n) is 4.46. The first-order chi connectivity index (χ1) is 13.6. The highest BCUT2D eigenvalue weighted by Gasteiger charge is 2.17. The molecule has 0 aliphatic carbocycles. The fourth-order valence-corrected chi connectivity index (χ4v) is 3.00. The fraction of sp³-hybridized carbons (Fsp3) is 0.400. The lowest BCUT2D eigenvalue weighted by atomic mass is 10.2. The van der Waals surface area contributed by atoms with E-state index in [0.717, 1.165) is 36.8 Å². The van der Waals surface area contributed by atoms with Crippen LogP contribution in [0.25, 0.3) is 0 Å². The zero-order valence-corrected chi connectivity index (χ0v) is 19.3. The van der Waals surface area contributed by atoms with Gasteiger partial charge in [0.05, 0.1) is 33.5 Å². The molecule has 9 heteroatoms. The number of rotatable bonds is 6. The van der Waals surface area contributed by atoms with Crippen molar-refractivity contribution in [3.63, 3.8) is 0 Å². The Kier molecular flexibility index (Phi) is 8.77. The van der Waals surface area contributed by atoms with Gasteiger partial charge in [-0.3, -0.25) is 0 Å². The van der Waals surface area contributed by atoms with Crippen LogP contribution in [0.5, 0.6) is 11.5 Å². The van der Waals surface area contributed by atoms with Crippen LogP contribution in [0.4, 0.5) is 11.5 Å². The molecule has 0 saturated carbocycles. The van der Waals surface area contributed by atoms with Gasteiger partial charge in [0.1, 0.15) is 5.82 Å². The zero-order chi connectivity index (χ0) is 19.9. The lowest BCUT2D eigenvalue weighted by Crippen LogP contribution is -2.41. The van der Waals surface area contributed by atoms with Gasteiger partial charge in [-0.25, -0.2) is 9.98 Å². The van der Waals surface area contributed by atoms with Crippen LogP contribution >= 0.6 is 24.0 Å². The molecule has 1 aromatic heterocycles. The molecule has 1 fully saturated rings. The molecule has 0 amide bonds. The summed E-state index contributed by atoms with van der Waals surface area (Å²) < 4.78 is 16.1. The van der Waals surface area contributed by atoms with Crippen molar-refractivity contribution < 1.29 is 14.2 Å². The Bertz CT molecular complexity index is 816. The minimum Gasteiger partial charge on any atom is -0.493 e. The summed E-state index contributed by atoms with van der Waals surface area (Å²) in [6.45, 7) is 4.96. The molecule has 2 aromatic rings. The van der Waals surface area contributed by atoms with Crippen LogP contribution in [-0.2, 0) is 11.3 Å². The summed E-state index contributed by atoms with van der Waals surface area (Å²) in [5.41, 5.74) is 7.76. The van der Waals surface area contributed by atoms with E-state index in [2.05, 4.69) is 27.1 Å². The number of anilines is 2. The summed E-state index contributed by atoms with van der Waals surface area (Å²) >= 11 is 0. The molecular formula is C20H28IN5O3. The zero-order valence-electron chi connectivity index (χ0n) is 16.9. The highest BCUT2D eigenvalue weighted by atomic mass is 127. The van der Waals surface area contributed by atoms with Gasteiger partial charge < -0.3 is 30.2 Å².